The lowest BCUT2D eigenvalue weighted by Gasteiger charge is -2.56. The molecule has 162 valence electrons. The molecule has 3 N–H and O–H groups in total. The van der Waals surface area contributed by atoms with Gasteiger partial charge in [-0.1, -0.05) is 6.07 Å². The van der Waals surface area contributed by atoms with Crippen molar-refractivity contribution in [2.24, 2.45) is 17.1 Å². The van der Waals surface area contributed by atoms with E-state index in [1.807, 2.05) is 0 Å². The van der Waals surface area contributed by atoms with Crippen molar-refractivity contribution in [3.8, 4) is 5.75 Å². The highest BCUT2D eigenvalue weighted by molar-refractivity contribution is 5.92. The van der Waals surface area contributed by atoms with Crippen LogP contribution >= 0.6 is 0 Å². The topological polar surface area (TPSA) is 88.4 Å². The van der Waals surface area contributed by atoms with Crippen molar-refractivity contribution in [3.63, 3.8) is 0 Å². The van der Waals surface area contributed by atoms with Gasteiger partial charge in [-0.3, -0.25) is 9.59 Å². The number of nitrogens with one attached hydrogen (secondary N) is 1. The third kappa shape index (κ3) is 2.73. The molecule has 6 nitrogen and oxygen atoms in total. The molecule has 1 aromatic carbocycles. The van der Waals surface area contributed by atoms with Gasteiger partial charge >= 0.3 is 0 Å². The summed E-state index contributed by atoms with van der Waals surface area (Å²) >= 11 is 0. The third-order valence-electron chi connectivity index (χ3n) is 8.46. The van der Waals surface area contributed by atoms with Crippen LogP contribution in [0.3, 0.4) is 0 Å². The number of methoxy groups -OCH3 is 1. The van der Waals surface area contributed by atoms with Gasteiger partial charge in [0.05, 0.1) is 7.11 Å². The number of fused-ring (bicyclic) bond motifs is 2. The molecule has 1 aromatic heterocycles. The highest BCUT2D eigenvalue weighted by atomic mass is 16.5. The van der Waals surface area contributed by atoms with Crippen LogP contribution in [-0.2, 0) is 24.7 Å². The fraction of sp³-hybridized carbons (Fsp3) is 0.520. The summed E-state index contributed by atoms with van der Waals surface area (Å²) in [5, 5.41) is 0. The number of aromatic nitrogens is 1. The number of rotatable bonds is 4. The molecule has 6 heteroatoms. The van der Waals surface area contributed by atoms with E-state index >= 15 is 0 Å². The predicted molar refractivity (Wildman–Crippen MR) is 118 cm³/mol. The van der Waals surface area contributed by atoms with Crippen molar-refractivity contribution in [1.29, 1.82) is 0 Å². The number of hydrogen-bond donors (Lipinski definition) is 2. The second kappa shape index (κ2) is 6.45. The maximum Gasteiger partial charge on any atom is 0.261 e. The first-order chi connectivity index (χ1) is 14.9. The number of amides is 1. The van der Waals surface area contributed by atoms with E-state index in [4.69, 9.17) is 10.5 Å². The fourth-order valence-corrected chi connectivity index (χ4v) is 6.82. The van der Waals surface area contributed by atoms with Crippen LogP contribution in [0.5, 0.6) is 5.75 Å². The number of pyridine rings is 1. The molecular weight excluding hydrogens is 390 g/mol. The highest BCUT2D eigenvalue weighted by Gasteiger charge is 2.61. The van der Waals surface area contributed by atoms with Crippen LogP contribution in [0, 0.1) is 11.3 Å². The van der Waals surface area contributed by atoms with E-state index in [0.717, 1.165) is 61.7 Å². The summed E-state index contributed by atoms with van der Waals surface area (Å²) in [6, 6.07) is 8.29. The lowest BCUT2D eigenvalue weighted by Crippen LogP contribution is -2.60. The number of H-pyrrole nitrogens is 1. The number of carbonyl (C=O) groups excluding carboxylic acids is 1. The highest BCUT2D eigenvalue weighted by Crippen LogP contribution is 2.62. The summed E-state index contributed by atoms with van der Waals surface area (Å²) in [6.07, 6.45) is 6.48. The molecule has 2 aromatic rings. The molecule has 2 heterocycles. The number of aromatic amines is 1. The van der Waals surface area contributed by atoms with Crippen molar-refractivity contribution in [3.05, 3.63) is 62.6 Å². The van der Waals surface area contributed by atoms with Gasteiger partial charge in [0.25, 0.3) is 11.5 Å². The predicted octanol–water partition coefficient (Wildman–Crippen LogP) is 2.18. The number of likely N-dealkylation sites (tertiary alicyclic amines) is 1. The molecule has 2 atom stereocenters. The van der Waals surface area contributed by atoms with E-state index in [1.165, 1.54) is 30.5 Å². The van der Waals surface area contributed by atoms with E-state index in [9.17, 15) is 9.59 Å². The maximum absolute atomic E-state index is 12.5. The quantitative estimate of drug-likeness (QED) is 0.795. The average molecular weight is 420 g/mol. The smallest absolute Gasteiger partial charge is 0.261 e. The molecule has 31 heavy (non-hydrogen) atoms. The Kier molecular flexibility index (Phi) is 3.98. The van der Waals surface area contributed by atoms with Gasteiger partial charge in [0.1, 0.15) is 11.3 Å². The molecule has 0 bridgehead atoms. The zero-order valence-corrected chi connectivity index (χ0v) is 18.0. The summed E-state index contributed by atoms with van der Waals surface area (Å²) in [5.74, 6) is 1.10. The Hall–Kier alpha value is -2.60. The van der Waals surface area contributed by atoms with Crippen molar-refractivity contribution in [2.45, 2.75) is 43.9 Å². The molecule has 3 aliphatic carbocycles. The van der Waals surface area contributed by atoms with Gasteiger partial charge in [-0.2, -0.15) is 0 Å². The zero-order chi connectivity index (χ0) is 21.4. The Morgan fingerprint density at radius 3 is 2.77 bits per heavy atom. The molecule has 4 aliphatic rings. The molecule has 1 unspecified atom stereocenters. The number of nitrogens with two attached hydrogens (primary N) is 1. The summed E-state index contributed by atoms with van der Waals surface area (Å²) in [5.41, 5.74) is 10.1. The standard InChI is InChI=1S/C25H29N3O3/c1-31-18-5-4-16-10-24-11-17-8-19(22(26)29)23(30)27-21(17)12-25(24,20(16)9-18)6-7-28(14-24)13-15-2-3-15/h4-5,8-9,15H,2-3,6-7,10-14H2,1H3,(H2,26,29)(H,27,30)/t24?,25-/m1/s1. The minimum atomic E-state index is -0.656. The number of ether oxygens (including phenoxy) is 1. The molecule has 2 fully saturated rings. The van der Waals surface area contributed by atoms with Crippen LogP contribution in [0.25, 0.3) is 0 Å². The fourth-order valence-electron chi connectivity index (χ4n) is 6.82. The SMILES string of the molecule is COc1ccc2c(c1)[C@]13CCN(CC4CC4)CC1(C2)Cc1cc(C(N)=O)c(=O)[nH]c1C3. The number of carbonyl (C=O) groups is 1. The third-order valence-corrected chi connectivity index (χ3v) is 8.46. The van der Waals surface area contributed by atoms with Gasteiger partial charge in [-0.15, -0.1) is 0 Å². The van der Waals surface area contributed by atoms with Gasteiger partial charge in [-0.05, 0) is 85.9 Å². The van der Waals surface area contributed by atoms with Crippen LogP contribution in [0.4, 0.5) is 0 Å². The Morgan fingerprint density at radius 1 is 1.23 bits per heavy atom. The van der Waals surface area contributed by atoms with Crippen LogP contribution in [-0.4, -0.2) is 42.5 Å². The second-order valence-electron chi connectivity index (χ2n) is 10.2. The molecule has 1 amide bonds. The van der Waals surface area contributed by atoms with Crippen LogP contribution < -0.4 is 16.0 Å². The second-order valence-corrected chi connectivity index (χ2v) is 10.2. The summed E-state index contributed by atoms with van der Waals surface area (Å²) in [6.45, 7) is 3.35. The first-order valence-electron chi connectivity index (χ1n) is 11.4. The molecule has 0 radical (unpaired) electrons. The normalized spacial score (nSPS) is 28.9. The molecule has 1 aliphatic heterocycles. The van der Waals surface area contributed by atoms with Gasteiger partial charge in [0, 0.05) is 29.6 Å². The first-order valence-corrected chi connectivity index (χ1v) is 11.4. The van der Waals surface area contributed by atoms with Crippen molar-refractivity contribution in [2.75, 3.05) is 26.7 Å². The van der Waals surface area contributed by atoms with Crippen molar-refractivity contribution >= 4 is 5.91 Å². The number of benzene rings is 1. The number of hydrogen-bond acceptors (Lipinski definition) is 4. The Morgan fingerprint density at radius 2 is 2.03 bits per heavy atom. The van der Waals surface area contributed by atoms with Crippen LogP contribution in [0.2, 0.25) is 0 Å². The van der Waals surface area contributed by atoms with Crippen molar-refractivity contribution < 1.29 is 9.53 Å². The largest absolute Gasteiger partial charge is 0.497 e. The average Bonchev–Trinajstić information content (AvgIpc) is 3.51. The molecule has 1 saturated carbocycles. The molecule has 6 rings (SSSR count). The van der Waals surface area contributed by atoms with Crippen molar-refractivity contribution in [1.82, 2.24) is 9.88 Å². The van der Waals surface area contributed by atoms with Gasteiger partial charge in [0.2, 0.25) is 0 Å². The zero-order valence-electron chi connectivity index (χ0n) is 18.0. The first kappa shape index (κ1) is 19.1. The summed E-state index contributed by atoms with van der Waals surface area (Å²) < 4.78 is 5.59. The number of primary amides is 1. The Labute approximate surface area is 181 Å². The van der Waals surface area contributed by atoms with Crippen LogP contribution in [0.15, 0.2) is 29.1 Å². The Bertz CT molecular complexity index is 1150. The van der Waals surface area contributed by atoms with Gasteiger partial charge in [0.15, 0.2) is 0 Å². The van der Waals surface area contributed by atoms with Gasteiger partial charge < -0.3 is 20.4 Å². The lowest BCUT2D eigenvalue weighted by molar-refractivity contribution is 0.00114. The molecular formula is C25H29N3O3. The van der Waals surface area contributed by atoms with Crippen LogP contribution in [0.1, 0.15) is 52.0 Å². The number of nitrogens with zero attached hydrogens (tertiary/aromatic N) is 1. The molecule has 0 spiro atoms. The monoisotopic (exact) mass is 419 g/mol. The van der Waals surface area contributed by atoms with E-state index in [-0.39, 0.29) is 22.0 Å². The summed E-state index contributed by atoms with van der Waals surface area (Å²) in [4.78, 5) is 30.0. The number of piperidine rings is 1. The maximum atomic E-state index is 12.5. The van der Waals surface area contributed by atoms with E-state index in [1.54, 1.807) is 13.2 Å². The Balaban J connectivity index is 1.50. The van der Waals surface area contributed by atoms with E-state index in [2.05, 4.69) is 28.1 Å². The van der Waals surface area contributed by atoms with E-state index < -0.39 is 5.91 Å². The summed E-state index contributed by atoms with van der Waals surface area (Å²) in [7, 11) is 1.72. The lowest BCUT2D eigenvalue weighted by atomic mass is 9.52. The minimum absolute atomic E-state index is 0.0128. The molecule has 1 saturated heterocycles. The van der Waals surface area contributed by atoms with E-state index in [0.29, 0.717) is 0 Å². The minimum Gasteiger partial charge on any atom is -0.497 e. The van der Waals surface area contributed by atoms with Gasteiger partial charge in [-0.25, -0.2) is 0 Å².